The molecule has 0 unspecified atom stereocenters. The number of primary amides is 1. The van der Waals surface area contributed by atoms with Crippen molar-refractivity contribution in [2.75, 3.05) is 13.2 Å². The maximum Gasteiger partial charge on any atom is 0.328 e. The van der Waals surface area contributed by atoms with Gasteiger partial charge in [-0.15, -0.1) is 0 Å². The summed E-state index contributed by atoms with van der Waals surface area (Å²) in [5.41, 5.74) is 3.31. The second-order valence-electron chi connectivity index (χ2n) is 3.13. The molecular weight excluding hydrogens is 228 g/mol. The maximum absolute atomic E-state index is 11.3. The standard InChI is InChI=1S/C9H10N4O4/c10-3-6-4-13(9(16)12-8(6)15)1-2-17-5-7(11)14/h4H,1-2,5H2,(H2,11,14)(H,12,15,16). The van der Waals surface area contributed by atoms with Gasteiger partial charge in [0.15, 0.2) is 0 Å². The van der Waals surface area contributed by atoms with Gasteiger partial charge in [-0.3, -0.25) is 19.1 Å². The summed E-state index contributed by atoms with van der Waals surface area (Å²) in [6.07, 6.45) is 1.13. The topological polar surface area (TPSA) is 131 Å². The molecule has 90 valence electrons. The minimum Gasteiger partial charge on any atom is -0.370 e. The van der Waals surface area contributed by atoms with E-state index in [1.54, 1.807) is 6.07 Å². The van der Waals surface area contributed by atoms with Crippen LogP contribution in [0.15, 0.2) is 15.8 Å². The minimum absolute atomic E-state index is 0.0692. The van der Waals surface area contributed by atoms with Crippen LogP contribution in [0.1, 0.15) is 5.56 Å². The molecule has 0 aliphatic carbocycles. The van der Waals surface area contributed by atoms with Crippen LogP contribution in [0.25, 0.3) is 0 Å². The fraction of sp³-hybridized carbons (Fsp3) is 0.333. The number of hydrogen-bond donors (Lipinski definition) is 2. The Labute approximate surface area is 95.2 Å². The minimum atomic E-state index is -0.730. The first-order valence-corrected chi connectivity index (χ1v) is 4.64. The summed E-state index contributed by atoms with van der Waals surface area (Å²) in [7, 11) is 0. The molecule has 17 heavy (non-hydrogen) atoms. The second-order valence-corrected chi connectivity index (χ2v) is 3.13. The van der Waals surface area contributed by atoms with E-state index in [4.69, 9.17) is 15.7 Å². The molecule has 0 saturated carbocycles. The van der Waals surface area contributed by atoms with Gasteiger partial charge in [-0.2, -0.15) is 5.26 Å². The summed E-state index contributed by atoms with van der Waals surface area (Å²) in [6, 6.07) is 1.65. The van der Waals surface area contributed by atoms with Gasteiger partial charge in [-0.25, -0.2) is 4.79 Å². The van der Waals surface area contributed by atoms with Crippen molar-refractivity contribution in [3.8, 4) is 6.07 Å². The second kappa shape index (κ2) is 5.62. The molecule has 0 spiro atoms. The average Bonchev–Trinajstić information content (AvgIpc) is 2.26. The predicted molar refractivity (Wildman–Crippen MR) is 56.1 cm³/mol. The highest BCUT2D eigenvalue weighted by atomic mass is 16.5. The van der Waals surface area contributed by atoms with Crippen LogP contribution >= 0.6 is 0 Å². The van der Waals surface area contributed by atoms with Crippen molar-refractivity contribution in [3.63, 3.8) is 0 Å². The van der Waals surface area contributed by atoms with Crippen molar-refractivity contribution in [2.24, 2.45) is 5.73 Å². The van der Waals surface area contributed by atoms with Gasteiger partial charge in [0, 0.05) is 6.20 Å². The van der Waals surface area contributed by atoms with E-state index in [1.165, 1.54) is 0 Å². The largest absolute Gasteiger partial charge is 0.370 e. The highest BCUT2D eigenvalue weighted by molar-refractivity contribution is 5.74. The number of ether oxygens (including phenoxy) is 1. The van der Waals surface area contributed by atoms with Crippen LogP contribution in [0.4, 0.5) is 0 Å². The van der Waals surface area contributed by atoms with Crippen molar-refractivity contribution in [1.82, 2.24) is 9.55 Å². The van der Waals surface area contributed by atoms with E-state index in [-0.39, 0.29) is 25.3 Å². The summed E-state index contributed by atoms with van der Waals surface area (Å²) in [4.78, 5) is 34.7. The number of carbonyl (C=O) groups is 1. The number of nitriles is 1. The molecule has 0 aliphatic heterocycles. The van der Waals surface area contributed by atoms with E-state index in [2.05, 4.69) is 0 Å². The Bertz CT molecular complexity index is 566. The van der Waals surface area contributed by atoms with Crippen LogP contribution in [-0.4, -0.2) is 28.7 Å². The van der Waals surface area contributed by atoms with E-state index in [0.29, 0.717) is 0 Å². The molecule has 0 radical (unpaired) electrons. The fourth-order valence-corrected chi connectivity index (χ4v) is 1.09. The number of H-pyrrole nitrogens is 1. The number of aromatic nitrogens is 2. The Kier molecular flexibility index (Phi) is 4.19. The van der Waals surface area contributed by atoms with Crippen LogP contribution in [0.2, 0.25) is 0 Å². The Morgan fingerprint density at radius 1 is 1.59 bits per heavy atom. The molecule has 8 nitrogen and oxygen atoms in total. The normalized spacial score (nSPS) is 9.82. The molecule has 1 aromatic heterocycles. The Morgan fingerprint density at radius 3 is 2.88 bits per heavy atom. The van der Waals surface area contributed by atoms with Gasteiger partial charge in [0.05, 0.1) is 13.2 Å². The Balaban J connectivity index is 2.72. The van der Waals surface area contributed by atoms with Gasteiger partial charge < -0.3 is 10.5 Å². The van der Waals surface area contributed by atoms with Gasteiger partial charge in [-0.05, 0) is 0 Å². The molecule has 0 bridgehead atoms. The molecule has 1 amide bonds. The Hall–Kier alpha value is -2.40. The van der Waals surface area contributed by atoms with Crippen molar-refractivity contribution in [1.29, 1.82) is 5.26 Å². The molecule has 1 heterocycles. The summed E-state index contributed by atoms with van der Waals surface area (Å²) in [5, 5.41) is 8.60. The first kappa shape index (κ1) is 12.7. The SMILES string of the molecule is N#Cc1cn(CCOCC(N)=O)c(=O)[nH]c1=O. The molecule has 0 atom stereocenters. The zero-order valence-electron chi connectivity index (χ0n) is 8.80. The molecule has 0 saturated heterocycles. The number of rotatable bonds is 5. The third-order valence-corrected chi connectivity index (χ3v) is 1.85. The number of nitrogens with two attached hydrogens (primary N) is 1. The van der Waals surface area contributed by atoms with Gasteiger partial charge in [0.2, 0.25) is 5.91 Å². The zero-order chi connectivity index (χ0) is 12.8. The van der Waals surface area contributed by atoms with Gasteiger partial charge in [-0.1, -0.05) is 0 Å². The first-order valence-electron chi connectivity index (χ1n) is 4.64. The molecule has 0 aliphatic rings. The highest BCUT2D eigenvalue weighted by Gasteiger charge is 2.03. The molecule has 3 N–H and O–H groups in total. The lowest BCUT2D eigenvalue weighted by atomic mass is 10.4. The van der Waals surface area contributed by atoms with Crippen molar-refractivity contribution in [3.05, 3.63) is 32.6 Å². The lowest BCUT2D eigenvalue weighted by Gasteiger charge is -2.05. The first-order chi connectivity index (χ1) is 8.04. The summed E-state index contributed by atoms with van der Waals surface area (Å²) >= 11 is 0. The van der Waals surface area contributed by atoms with E-state index < -0.39 is 17.2 Å². The number of carbonyl (C=O) groups excluding carboxylic acids is 1. The van der Waals surface area contributed by atoms with Gasteiger partial charge in [0.1, 0.15) is 18.2 Å². The van der Waals surface area contributed by atoms with Crippen molar-refractivity contribution in [2.45, 2.75) is 6.54 Å². The van der Waals surface area contributed by atoms with Crippen LogP contribution in [-0.2, 0) is 16.1 Å². The lowest BCUT2D eigenvalue weighted by Crippen LogP contribution is -2.32. The molecular formula is C9H10N4O4. The van der Waals surface area contributed by atoms with Crippen molar-refractivity contribution >= 4 is 5.91 Å². The molecule has 0 aromatic carbocycles. The molecule has 8 heteroatoms. The quantitative estimate of drug-likeness (QED) is 0.568. The maximum atomic E-state index is 11.3. The molecule has 1 rings (SSSR count). The third kappa shape index (κ3) is 3.58. The predicted octanol–water partition coefficient (Wildman–Crippen LogP) is -2.09. The summed E-state index contributed by atoms with van der Waals surface area (Å²) in [6.45, 7) is -0.0689. The fourth-order valence-electron chi connectivity index (χ4n) is 1.09. The Morgan fingerprint density at radius 2 is 2.29 bits per heavy atom. The monoisotopic (exact) mass is 238 g/mol. The number of hydrogen-bond acceptors (Lipinski definition) is 5. The average molecular weight is 238 g/mol. The summed E-state index contributed by atoms with van der Waals surface area (Å²) in [5.74, 6) is -0.614. The molecule has 1 aromatic rings. The zero-order valence-corrected chi connectivity index (χ0v) is 8.80. The van der Waals surface area contributed by atoms with E-state index >= 15 is 0 Å². The van der Waals surface area contributed by atoms with Crippen LogP contribution in [0, 0.1) is 11.3 Å². The van der Waals surface area contributed by atoms with Crippen LogP contribution < -0.4 is 17.0 Å². The number of amides is 1. The van der Waals surface area contributed by atoms with Crippen molar-refractivity contribution < 1.29 is 9.53 Å². The lowest BCUT2D eigenvalue weighted by molar-refractivity contribution is -0.122. The summed E-state index contributed by atoms with van der Waals surface area (Å²) < 4.78 is 5.96. The smallest absolute Gasteiger partial charge is 0.328 e. The number of aromatic amines is 1. The van der Waals surface area contributed by atoms with Crippen LogP contribution in [0.5, 0.6) is 0 Å². The van der Waals surface area contributed by atoms with E-state index in [9.17, 15) is 14.4 Å². The van der Waals surface area contributed by atoms with Gasteiger partial charge >= 0.3 is 5.69 Å². The van der Waals surface area contributed by atoms with E-state index in [0.717, 1.165) is 10.8 Å². The number of nitrogens with one attached hydrogen (secondary N) is 1. The van der Waals surface area contributed by atoms with Crippen LogP contribution in [0.3, 0.4) is 0 Å². The third-order valence-electron chi connectivity index (χ3n) is 1.85. The number of nitrogens with zero attached hydrogens (tertiary/aromatic N) is 2. The highest BCUT2D eigenvalue weighted by Crippen LogP contribution is 1.86. The van der Waals surface area contributed by atoms with Gasteiger partial charge in [0.25, 0.3) is 5.56 Å². The van der Waals surface area contributed by atoms with E-state index in [1.807, 2.05) is 4.98 Å². The molecule has 0 fully saturated rings.